The fraction of sp³-hybridized carbons (Fsp3) is 0.0588. The van der Waals surface area contributed by atoms with E-state index in [1.807, 2.05) is 0 Å². The van der Waals surface area contributed by atoms with Crippen molar-refractivity contribution in [3.05, 3.63) is 42.1 Å². The first kappa shape index (κ1) is 25.8. The zero-order chi connectivity index (χ0) is 26.6. The number of hydrogen-bond acceptors (Lipinski definition) is 12. The number of nitrogens with zero attached hydrogens (tertiary/aromatic N) is 5. The maximum absolute atomic E-state index is 11.8. The second-order valence-corrected chi connectivity index (χ2v) is 12.6. The van der Waals surface area contributed by atoms with Gasteiger partial charge in [-0.05, 0) is 43.3 Å². The third-order valence-electron chi connectivity index (χ3n) is 4.71. The number of hydrogen-bond donors (Lipinski definition) is 4. The fourth-order valence-electron chi connectivity index (χ4n) is 3.09. The smallest absolute Gasteiger partial charge is 0.296 e. The lowest BCUT2D eigenvalue weighted by atomic mass is 10.3. The maximum Gasteiger partial charge on any atom is 0.296 e. The van der Waals surface area contributed by atoms with Crippen LogP contribution in [0, 0.1) is 6.92 Å². The van der Waals surface area contributed by atoms with E-state index in [2.05, 4.69) is 20.3 Å². The number of aromatic nitrogens is 3. The monoisotopic (exact) mass is 573 g/mol. The van der Waals surface area contributed by atoms with Gasteiger partial charge in [0.25, 0.3) is 20.2 Å². The molecule has 0 spiro atoms. The second kappa shape index (κ2) is 8.65. The molecule has 190 valence electrons. The molecule has 4 rings (SSSR count). The molecule has 2 aromatic carbocycles. The molecule has 0 aliphatic carbocycles. The van der Waals surface area contributed by atoms with Crippen LogP contribution in [0.2, 0.25) is 0 Å². The van der Waals surface area contributed by atoms with Crippen LogP contribution in [0.5, 0.6) is 0 Å². The van der Waals surface area contributed by atoms with Crippen LogP contribution in [-0.2, 0) is 30.3 Å². The van der Waals surface area contributed by atoms with E-state index in [-0.39, 0.29) is 27.2 Å². The summed E-state index contributed by atoms with van der Waals surface area (Å²) in [5, 5.41) is 17.3. The summed E-state index contributed by atoms with van der Waals surface area (Å²) < 4.78 is 90.2. The molecule has 0 aliphatic heterocycles. The van der Waals surface area contributed by atoms with Crippen LogP contribution < -0.4 is 10.9 Å². The van der Waals surface area contributed by atoms with Crippen molar-refractivity contribution >= 4 is 68.4 Å². The number of anilines is 1. The molecule has 15 nitrogen and oxygen atoms in total. The molecule has 2 aromatic heterocycles. The lowest BCUT2D eigenvalue weighted by Gasteiger charge is -2.10. The topological polar surface area (TPSA) is 250 Å². The quantitative estimate of drug-likeness (QED) is 0.191. The molecule has 19 heteroatoms. The maximum atomic E-state index is 11.8. The van der Waals surface area contributed by atoms with Gasteiger partial charge in [0.2, 0.25) is 15.2 Å². The Bertz CT molecular complexity index is 1890. The Balaban J connectivity index is 1.80. The predicted octanol–water partition coefficient (Wildman–Crippen LogP) is 1.93. The minimum absolute atomic E-state index is 0.0296. The molecule has 36 heavy (non-hydrogen) atoms. The third-order valence-corrected chi connectivity index (χ3v) is 8.29. The molecule has 0 unspecified atom stereocenters. The lowest BCUT2D eigenvalue weighted by molar-refractivity contribution is 0.477. The summed E-state index contributed by atoms with van der Waals surface area (Å²) >= 11 is 1.08. The molecular weight excluding hydrogens is 558 g/mol. The van der Waals surface area contributed by atoms with Crippen molar-refractivity contribution in [2.75, 3.05) is 5.73 Å². The zero-order valence-electron chi connectivity index (χ0n) is 17.8. The van der Waals surface area contributed by atoms with Crippen LogP contribution in [-0.4, -0.2) is 49.1 Å². The molecule has 0 saturated carbocycles. The van der Waals surface area contributed by atoms with Gasteiger partial charge in [0, 0.05) is 0 Å². The molecule has 0 saturated heterocycles. The Morgan fingerprint density at radius 3 is 2.22 bits per heavy atom. The van der Waals surface area contributed by atoms with Gasteiger partial charge in [-0.25, -0.2) is 23.2 Å². The van der Waals surface area contributed by atoms with E-state index in [0.717, 1.165) is 34.2 Å². The van der Waals surface area contributed by atoms with Crippen molar-refractivity contribution in [3.63, 3.8) is 0 Å². The molecule has 0 amide bonds. The van der Waals surface area contributed by atoms with Crippen LogP contribution in [0.4, 0.5) is 16.6 Å². The average molecular weight is 574 g/mol. The molecule has 2 heterocycles. The van der Waals surface area contributed by atoms with Crippen LogP contribution in [0.15, 0.2) is 61.3 Å². The van der Waals surface area contributed by atoms with Gasteiger partial charge in [0.15, 0.2) is 11.5 Å². The summed E-state index contributed by atoms with van der Waals surface area (Å²) in [4.78, 5) is 2.64. The van der Waals surface area contributed by atoms with Crippen LogP contribution in [0.25, 0.3) is 15.9 Å². The number of fused-ring (bicyclic) bond motifs is 1. The summed E-state index contributed by atoms with van der Waals surface area (Å²) in [5.74, 6) is -0.272. The Kier molecular flexibility index (Phi) is 6.19. The van der Waals surface area contributed by atoms with E-state index in [1.165, 1.54) is 25.1 Å². The first-order valence-corrected chi connectivity index (χ1v) is 14.6. The molecular formula is C17H15N7O8S4. The van der Waals surface area contributed by atoms with E-state index in [0.29, 0.717) is 10.2 Å². The van der Waals surface area contributed by atoms with Gasteiger partial charge >= 0.3 is 0 Å². The summed E-state index contributed by atoms with van der Waals surface area (Å²) in [6, 6.07) is 6.40. The molecule has 0 aliphatic rings. The second-order valence-electron chi connectivity index (χ2n) is 7.18. The van der Waals surface area contributed by atoms with Gasteiger partial charge in [0.05, 0.1) is 31.4 Å². The van der Waals surface area contributed by atoms with E-state index >= 15 is 0 Å². The van der Waals surface area contributed by atoms with Crippen LogP contribution >= 0.6 is 11.3 Å². The third kappa shape index (κ3) is 4.97. The molecule has 0 radical (unpaired) electrons. The first-order valence-electron chi connectivity index (χ1n) is 9.35. The normalized spacial score (nSPS) is 13.1. The van der Waals surface area contributed by atoms with Crippen molar-refractivity contribution in [2.45, 2.75) is 21.6 Å². The lowest BCUT2D eigenvalue weighted by Crippen LogP contribution is -2.11. The molecule has 0 atom stereocenters. The molecule has 0 fully saturated rings. The van der Waals surface area contributed by atoms with Gasteiger partial charge in [-0.2, -0.15) is 21.9 Å². The van der Waals surface area contributed by atoms with Crippen molar-refractivity contribution in [3.8, 4) is 5.69 Å². The fourth-order valence-corrected chi connectivity index (χ4v) is 5.54. The van der Waals surface area contributed by atoms with Gasteiger partial charge < -0.3 is 5.73 Å². The number of nitrogens with two attached hydrogens (primary N) is 2. The number of primary sulfonamides is 1. The Morgan fingerprint density at radius 2 is 1.61 bits per heavy atom. The highest BCUT2D eigenvalue weighted by Crippen LogP contribution is 2.35. The van der Waals surface area contributed by atoms with E-state index in [9.17, 15) is 34.4 Å². The minimum atomic E-state index is -4.86. The zero-order valence-corrected chi connectivity index (χ0v) is 21.1. The summed E-state index contributed by atoms with van der Waals surface area (Å²) in [7, 11) is -13.5. The number of azo groups is 1. The summed E-state index contributed by atoms with van der Waals surface area (Å²) in [5.41, 5.74) is 6.03. The first-order chi connectivity index (χ1) is 16.6. The Morgan fingerprint density at radius 1 is 0.944 bits per heavy atom. The van der Waals surface area contributed by atoms with Crippen LogP contribution in [0.3, 0.4) is 0 Å². The standard InChI is InChI=1S/C17H15N7O8S4/c1-8-15(21-22-17-20-11-6-9(34(19,25)26)2-4-13(11)33-17)16(18)24(23-8)12-7-10(35(27,28)29)3-5-14(12)36(30,31)32/h2-7H,18H2,1H3,(H2,19,25,26)(H,27,28,29)(H,30,31,32). The van der Waals surface area contributed by atoms with Crippen molar-refractivity contribution in [1.29, 1.82) is 0 Å². The minimum Gasteiger partial charge on any atom is -0.382 e. The summed E-state index contributed by atoms with van der Waals surface area (Å²) in [6.07, 6.45) is 0. The highest BCUT2D eigenvalue weighted by Gasteiger charge is 2.24. The Labute approximate surface area is 207 Å². The average Bonchev–Trinajstić information content (AvgIpc) is 3.29. The van der Waals surface area contributed by atoms with E-state index in [4.69, 9.17) is 10.9 Å². The molecule has 0 bridgehead atoms. The largest absolute Gasteiger partial charge is 0.382 e. The number of rotatable bonds is 6. The predicted molar refractivity (Wildman–Crippen MR) is 128 cm³/mol. The van der Waals surface area contributed by atoms with Crippen LogP contribution in [0.1, 0.15) is 5.69 Å². The number of nitrogen functional groups attached to an aromatic ring is 1. The van der Waals surface area contributed by atoms with Crippen molar-refractivity contribution in [1.82, 2.24) is 14.8 Å². The Hall–Kier alpha value is -3.33. The number of aryl methyl sites for hydroxylation is 1. The van der Waals surface area contributed by atoms with E-state index < -0.39 is 45.7 Å². The van der Waals surface area contributed by atoms with Gasteiger partial charge in [0.1, 0.15) is 4.90 Å². The highest BCUT2D eigenvalue weighted by molar-refractivity contribution is 7.89. The van der Waals surface area contributed by atoms with Gasteiger partial charge in [-0.15, -0.1) is 10.2 Å². The van der Waals surface area contributed by atoms with Gasteiger partial charge in [-0.3, -0.25) is 9.11 Å². The SMILES string of the molecule is Cc1nn(-c2cc(S(=O)(=O)O)ccc2S(=O)(=O)O)c(N)c1N=Nc1nc2cc(S(N)(=O)=O)ccc2s1. The molecule has 4 aromatic rings. The number of benzene rings is 2. The summed E-state index contributed by atoms with van der Waals surface area (Å²) in [6.45, 7) is 1.46. The van der Waals surface area contributed by atoms with Crippen molar-refractivity contribution < 1.29 is 34.4 Å². The highest BCUT2D eigenvalue weighted by atomic mass is 32.2. The van der Waals surface area contributed by atoms with Crippen molar-refractivity contribution in [2.24, 2.45) is 15.4 Å². The van der Waals surface area contributed by atoms with Gasteiger partial charge in [-0.1, -0.05) is 11.3 Å². The number of sulfonamides is 1. The van der Waals surface area contributed by atoms with E-state index in [1.54, 1.807) is 0 Å². The molecule has 6 N–H and O–H groups in total. The number of thiazole rings is 1.